The van der Waals surface area contributed by atoms with Crippen LogP contribution in [-0.4, -0.2) is 77.2 Å². The van der Waals surface area contributed by atoms with Gasteiger partial charge in [-0.2, -0.15) is 4.39 Å². The van der Waals surface area contributed by atoms with Gasteiger partial charge >= 0.3 is 0 Å². The van der Waals surface area contributed by atoms with E-state index in [-0.39, 0.29) is 36.7 Å². The first-order chi connectivity index (χ1) is 16.6. The highest BCUT2D eigenvalue weighted by Gasteiger charge is 2.35. The van der Waals surface area contributed by atoms with Crippen LogP contribution < -0.4 is 15.8 Å². The van der Waals surface area contributed by atoms with Gasteiger partial charge < -0.3 is 9.80 Å². The summed E-state index contributed by atoms with van der Waals surface area (Å²) in [5, 5.41) is 9.99. The number of aromatic nitrogens is 2. The molecule has 13 heteroatoms. The van der Waals surface area contributed by atoms with Crippen molar-refractivity contribution in [3.63, 3.8) is 0 Å². The van der Waals surface area contributed by atoms with Crippen molar-refractivity contribution in [3.8, 4) is 0 Å². The lowest BCUT2D eigenvalue weighted by molar-refractivity contribution is -0.154. The molecule has 2 fully saturated rings. The highest BCUT2D eigenvalue weighted by atomic mass is 19.3. The standard InChI is InChI=1S/C22H34F3N7O3/c1-13-9-31(11-16(13)30(2)3)21-17(23)19(26-20(27-21)18(24)25)28-29-22(34)15(10-32(35)12-33)8-14-6-4-5-7-14/h12-16,18,35H,4-11H2,1-3H3,(H,29,34)(H,26,27,28)/t13-,15+,16-/m0/s1. The number of nitrogens with zero attached hydrogens (tertiary/aromatic N) is 5. The minimum atomic E-state index is -3.04. The van der Waals surface area contributed by atoms with Gasteiger partial charge in [0.15, 0.2) is 17.5 Å². The maximum atomic E-state index is 15.3. The van der Waals surface area contributed by atoms with Gasteiger partial charge in [-0.05, 0) is 32.4 Å². The Morgan fingerprint density at radius 3 is 2.51 bits per heavy atom. The van der Waals surface area contributed by atoms with E-state index >= 15 is 4.39 Å². The number of hydrogen-bond acceptors (Lipinski definition) is 8. The van der Waals surface area contributed by atoms with Crippen molar-refractivity contribution in [1.29, 1.82) is 0 Å². The van der Waals surface area contributed by atoms with Crippen molar-refractivity contribution in [2.75, 3.05) is 44.1 Å². The first-order valence-electron chi connectivity index (χ1n) is 11.8. The molecule has 1 saturated carbocycles. The number of hydrazine groups is 1. The quantitative estimate of drug-likeness (QED) is 0.241. The lowest BCUT2D eigenvalue weighted by Crippen LogP contribution is -2.41. The van der Waals surface area contributed by atoms with E-state index in [0.29, 0.717) is 24.6 Å². The number of hydrogen-bond donors (Lipinski definition) is 3. The predicted molar refractivity (Wildman–Crippen MR) is 122 cm³/mol. The van der Waals surface area contributed by atoms with Gasteiger partial charge in [0.25, 0.3) is 6.43 Å². The summed E-state index contributed by atoms with van der Waals surface area (Å²) in [6.07, 6.45) is 1.55. The molecule has 1 saturated heterocycles. The third-order valence-electron chi connectivity index (χ3n) is 6.88. The van der Waals surface area contributed by atoms with E-state index in [0.717, 1.165) is 25.7 Å². The third-order valence-corrected chi connectivity index (χ3v) is 6.88. The monoisotopic (exact) mass is 501 g/mol. The van der Waals surface area contributed by atoms with Crippen LogP contribution in [0.4, 0.5) is 24.8 Å². The minimum absolute atomic E-state index is 0.0890. The molecule has 0 aromatic carbocycles. The largest absolute Gasteiger partial charge is 0.352 e. The van der Waals surface area contributed by atoms with Crippen molar-refractivity contribution < 1.29 is 28.0 Å². The number of hydroxylamine groups is 2. The number of rotatable bonds is 11. The van der Waals surface area contributed by atoms with E-state index in [2.05, 4.69) is 20.8 Å². The van der Waals surface area contributed by atoms with E-state index in [1.807, 2.05) is 25.9 Å². The molecule has 2 heterocycles. The topological polar surface area (TPSA) is 114 Å². The SMILES string of the molecule is C[C@H]1CN(c2nc(C(F)F)nc(NNC(=O)[C@H](CC3CCCC3)CN(O)C=O)c2F)C[C@@H]1N(C)C. The maximum Gasteiger partial charge on any atom is 0.297 e. The number of anilines is 2. The maximum absolute atomic E-state index is 15.3. The Morgan fingerprint density at radius 1 is 1.26 bits per heavy atom. The number of alkyl halides is 2. The van der Waals surface area contributed by atoms with Crippen molar-refractivity contribution in [2.24, 2.45) is 17.8 Å². The Bertz CT molecular complexity index is 886. The summed E-state index contributed by atoms with van der Waals surface area (Å²) >= 11 is 0. The lowest BCUT2D eigenvalue weighted by Gasteiger charge is -2.24. The third kappa shape index (κ3) is 6.72. The molecule has 2 aliphatic rings. The molecule has 0 unspecified atom stereocenters. The van der Waals surface area contributed by atoms with E-state index in [9.17, 15) is 23.6 Å². The number of carbonyl (C=O) groups is 2. The van der Waals surface area contributed by atoms with Crippen LogP contribution in [0, 0.1) is 23.6 Å². The molecule has 1 aromatic heterocycles. The number of nitrogens with one attached hydrogen (secondary N) is 2. The van der Waals surface area contributed by atoms with E-state index < -0.39 is 35.7 Å². The normalized spacial score (nSPS) is 21.6. The van der Waals surface area contributed by atoms with Gasteiger partial charge in [0.2, 0.25) is 18.1 Å². The van der Waals surface area contributed by atoms with Gasteiger partial charge in [-0.25, -0.2) is 23.8 Å². The van der Waals surface area contributed by atoms with Crippen molar-refractivity contribution >= 4 is 24.0 Å². The number of carbonyl (C=O) groups excluding carboxylic acids is 2. The number of likely N-dealkylation sites (N-methyl/N-ethyl adjacent to an activating group) is 1. The van der Waals surface area contributed by atoms with Gasteiger partial charge in [0.1, 0.15) is 0 Å². The molecule has 3 N–H and O–H groups in total. The zero-order valence-electron chi connectivity index (χ0n) is 20.3. The Morgan fingerprint density at radius 2 is 1.94 bits per heavy atom. The summed E-state index contributed by atoms with van der Waals surface area (Å²) in [7, 11) is 3.79. The van der Waals surface area contributed by atoms with Gasteiger partial charge in [0, 0.05) is 19.1 Å². The molecule has 3 atom stereocenters. The fourth-order valence-electron chi connectivity index (χ4n) is 5.04. The second-order valence-corrected chi connectivity index (χ2v) is 9.71. The van der Waals surface area contributed by atoms with Crippen LogP contribution in [0.1, 0.15) is 51.3 Å². The lowest BCUT2D eigenvalue weighted by atomic mass is 9.92. The second-order valence-electron chi connectivity index (χ2n) is 9.71. The van der Waals surface area contributed by atoms with Gasteiger partial charge in [-0.3, -0.25) is 25.6 Å². The average Bonchev–Trinajstić information content (AvgIpc) is 3.46. The van der Waals surface area contributed by atoms with Crippen LogP contribution in [-0.2, 0) is 9.59 Å². The summed E-state index contributed by atoms with van der Waals surface area (Å²) in [5.41, 5.74) is 4.65. The van der Waals surface area contributed by atoms with Crippen LogP contribution in [0.25, 0.3) is 0 Å². The molecule has 1 aliphatic carbocycles. The minimum Gasteiger partial charge on any atom is -0.352 e. The van der Waals surface area contributed by atoms with Gasteiger partial charge in [0.05, 0.1) is 12.5 Å². The van der Waals surface area contributed by atoms with Crippen LogP contribution >= 0.6 is 0 Å². The van der Waals surface area contributed by atoms with Crippen LogP contribution in [0.2, 0.25) is 0 Å². The second kappa shape index (κ2) is 11.8. The van der Waals surface area contributed by atoms with Crippen LogP contribution in [0.5, 0.6) is 0 Å². The molecular formula is C22H34F3N7O3. The molecule has 0 spiro atoms. The Labute approximate surface area is 202 Å². The fraction of sp³-hybridized carbons (Fsp3) is 0.727. The first-order valence-corrected chi connectivity index (χ1v) is 11.8. The zero-order valence-corrected chi connectivity index (χ0v) is 20.3. The molecule has 0 radical (unpaired) electrons. The molecule has 35 heavy (non-hydrogen) atoms. The fourth-order valence-corrected chi connectivity index (χ4v) is 5.04. The summed E-state index contributed by atoms with van der Waals surface area (Å²) in [4.78, 5) is 34.6. The van der Waals surface area contributed by atoms with E-state index in [1.165, 1.54) is 0 Å². The molecule has 1 aromatic rings. The van der Waals surface area contributed by atoms with Crippen LogP contribution in [0.15, 0.2) is 0 Å². The average molecular weight is 502 g/mol. The summed E-state index contributed by atoms with van der Waals surface area (Å²) < 4.78 is 42.4. The summed E-state index contributed by atoms with van der Waals surface area (Å²) in [5.74, 6) is -3.61. The number of halogens is 3. The molecule has 196 valence electrons. The highest BCUT2D eigenvalue weighted by Crippen LogP contribution is 2.32. The molecule has 1 aliphatic heterocycles. The molecule has 2 amide bonds. The smallest absolute Gasteiger partial charge is 0.297 e. The Kier molecular flexibility index (Phi) is 9.11. The zero-order chi connectivity index (χ0) is 25.7. The highest BCUT2D eigenvalue weighted by molar-refractivity contribution is 5.80. The van der Waals surface area contributed by atoms with Crippen molar-refractivity contribution in [3.05, 3.63) is 11.6 Å². The predicted octanol–water partition coefficient (Wildman–Crippen LogP) is 2.43. The first kappa shape index (κ1) is 26.9. The summed E-state index contributed by atoms with van der Waals surface area (Å²) in [6.45, 7) is 2.57. The molecular weight excluding hydrogens is 467 g/mol. The molecule has 0 bridgehead atoms. The van der Waals surface area contributed by atoms with E-state index in [1.54, 1.807) is 4.90 Å². The molecule has 10 nitrogen and oxygen atoms in total. The van der Waals surface area contributed by atoms with Crippen LogP contribution in [0.3, 0.4) is 0 Å². The van der Waals surface area contributed by atoms with Crippen molar-refractivity contribution in [2.45, 2.75) is 51.5 Å². The summed E-state index contributed by atoms with van der Waals surface area (Å²) in [6, 6.07) is 0.0890. The molecule has 3 rings (SSSR count). The van der Waals surface area contributed by atoms with E-state index in [4.69, 9.17) is 0 Å². The number of amides is 2. The Balaban J connectivity index is 1.77. The van der Waals surface area contributed by atoms with Gasteiger partial charge in [-0.1, -0.05) is 32.6 Å². The Hall–Kier alpha value is -2.67. The van der Waals surface area contributed by atoms with Crippen molar-refractivity contribution in [1.82, 2.24) is 25.4 Å². The van der Waals surface area contributed by atoms with Gasteiger partial charge in [-0.15, -0.1) is 0 Å².